The summed E-state index contributed by atoms with van der Waals surface area (Å²) >= 11 is 0. The lowest BCUT2D eigenvalue weighted by molar-refractivity contribution is 0.465. The number of hydrogen-bond acceptors (Lipinski definition) is 5. The Hall–Kier alpha value is -0.960. The summed E-state index contributed by atoms with van der Waals surface area (Å²) in [5, 5.41) is 0. The first kappa shape index (κ1) is 19.1. The minimum atomic E-state index is -3.66. The van der Waals surface area contributed by atoms with Crippen LogP contribution in [-0.2, 0) is 25.6 Å². The van der Waals surface area contributed by atoms with Gasteiger partial charge in [0.2, 0.25) is 10.0 Å². The van der Waals surface area contributed by atoms with E-state index in [0.717, 1.165) is 6.26 Å². The van der Waals surface area contributed by atoms with Gasteiger partial charge in [0.1, 0.15) is 0 Å². The second-order valence-electron chi connectivity index (χ2n) is 5.90. The van der Waals surface area contributed by atoms with Gasteiger partial charge in [-0.1, -0.05) is 26.0 Å². The molecule has 1 aromatic rings. The summed E-state index contributed by atoms with van der Waals surface area (Å²) < 4.78 is 49.6. The fourth-order valence-corrected chi connectivity index (χ4v) is 4.18. The molecular formula is C14H24N2O4S2. The summed E-state index contributed by atoms with van der Waals surface area (Å²) in [5.74, 6) is 0.216. The number of nitrogens with one attached hydrogen (secondary N) is 1. The van der Waals surface area contributed by atoms with Gasteiger partial charge in [-0.25, -0.2) is 21.6 Å². The van der Waals surface area contributed by atoms with Gasteiger partial charge in [-0.05, 0) is 30.0 Å². The first-order valence-corrected chi connectivity index (χ1v) is 10.6. The molecule has 0 bridgehead atoms. The number of rotatable bonds is 8. The van der Waals surface area contributed by atoms with E-state index < -0.39 is 19.9 Å². The van der Waals surface area contributed by atoms with Crippen molar-refractivity contribution in [2.75, 3.05) is 12.8 Å². The highest BCUT2D eigenvalue weighted by Crippen LogP contribution is 2.14. The van der Waals surface area contributed by atoms with Gasteiger partial charge in [-0.15, -0.1) is 0 Å². The molecule has 6 nitrogen and oxygen atoms in total. The van der Waals surface area contributed by atoms with Gasteiger partial charge < -0.3 is 5.73 Å². The summed E-state index contributed by atoms with van der Waals surface area (Å²) in [7, 11) is -6.80. The van der Waals surface area contributed by atoms with E-state index in [2.05, 4.69) is 4.72 Å². The van der Waals surface area contributed by atoms with Crippen molar-refractivity contribution in [3.63, 3.8) is 0 Å². The Morgan fingerprint density at radius 1 is 1.09 bits per heavy atom. The van der Waals surface area contributed by atoms with Gasteiger partial charge in [0.25, 0.3) is 0 Å². The number of sulfonamides is 1. The van der Waals surface area contributed by atoms with Crippen molar-refractivity contribution in [3.05, 3.63) is 29.8 Å². The third-order valence-corrected chi connectivity index (χ3v) is 5.42. The summed E-state index contributed by atoms with van der Waals surface area (Å²) in [6.45, 7) is 4.22. The summed E-state index contributed by atoms with van der Waals surface area (Å²) in [6, 6.07) is 5.52. The van der Waals surface area contributed by atoms with E-state index in [1.165, 1.54) is 24.3 Å². The maximum Gasteiger partial charge on any atom is 0.240 e. The molecule has 0 saturated heterocycles. The average Bonchev–Trinajstić information content (AvgIpc) is 2.35. The zero-order chi connectivity index (χ0) is 17.0. The first-order valence-electron chi connectivity index (χ1n) is 7.02. The smallest absolute Gasteiger partial charge is 0.240 e. The molecule has 0 aliphatic carbocycles. The molecule has 22 heavy (non-hydrogen) atoms. The molecule has 0 saturated carbocycles. The van der Waals surface area contributed by atoms with E-state index in [1.54, 1.807) is 0 Å². The van der Waals surface area contributed by atoms with Crippen LogP contribution >= 0.6 is 0 Å². The fraction of sp³-hybridized carbons (Fsp3) is 0.571. The van der Waals surface area contributed by atoms with Crippen LogP contribution in [0.3, 0.4) is 0 Å². The Morgan fingerprint density at radius 3 is 2.05 bits per heavy atom. The monoisotopic (exact) mass is 348 g/mol. The van der Waals surface area contributed by atoms with Gasteiger partial charge >= 0.3 is 0 Å². The van der Waals surface area contributed by atoms with E-state index in [1.807, 2.05) is 13.8 Å². The second-order valence-corrected chi connectivity index (χ2v) is 9.75. The van der Waals surface area contributed by atoms with E-state index in [0.29, 0.717) is 17.9 Å². The molecule has 1 rings (SSSR count). The molecule has 1 atom stereocenters. The predicted molar refractivity (Wildman–Crippen MR) is 87.6 cm³/mol. The van der Waals surface area contributed by atoms with Crippen LogP contribution in [0.5, 0.6) is 0 Å². The normalized spacial score (nSPS) is 14.2. The molecule has 8 heteroatoms. The molecule has 1 unspecified atom stereocenters. The lowest BCUT2D eigenvalue weighted by Crippen LogP contribution is -2.40. The molecule has 0 heterocycles. The van der Waals surface area contributed by atoms with Gasteiger partial charge in [0.15, 0.2) is 9.84 Å². The van der Waals surface area contributed by atoms with Crippen LogP contribution in [0.2, 0.25) is 0 Å². The van der Waals surface area contributed by atoms with Crippen LogP contribution in [0, 0.1) is 5.92 Å². The Kier molecular flexibility index (Phi) is 6.54. The van der Waals surface area contributed by atoms with Crippen molar-refractivity contribution in [3.8, 4) is 0 Å². The molecule has 0 spiro atoms. The largest absolute Gasteiger partial charge is 0.329 e. The zero-order valence-electron chi connectivity index (χ0n) is 13.1. The second kappa shape index (κ2) is 7.54. The van der Waals surface area contributed by atoms with Crippen molar-refractivity contribution >= 4 is 19.9 Å². The Bertz CT molecular complexity index is 680. The molecule has 3 N–H and O–H groups in total. The zero-order valence-corrected chi connectivity index (χ0v) is 14.7. The third kappa shape index (κ3) is 6.43. The SMILES string of the molecule is CC(C)CC(CN)NS(=O)(=O)c1ccc(CS(C)(=O)=O)cc1. The predicted octanol–water partition coefficient (Wildman–Crippen LogP) is 0.883. The topological polar surface area (TPSA) is 106 Å². The molecular weight excluding hydrogens is 324 g/mol. The highest BCUT2D eigenvalue weighted by molar-refractivity contribution is 7.90. The number of benzene rings is 1. The van der Waals surface area contributed by atoms with E-state index in [-0.39, 0.29) is 23.2 Å². The van der Waals surface area contributed by atoms with E-state index in [4.69, 9.17) is 5.73 Å². The lowest BCUT2D eigenvalue weighted by Gasteiger charge is -2.18. The molecule has 0 aromatic heterocycles. The molecule has 0 radical (unpaired) electrons. The highest BCUT2D eigenvalue weighted by atomic mass is 32.2. The number of nitrogens with two attached hydrogens (primary N) is 1. The quantitative estimate of drug-likeness (QED) is 0.725. The molecule has 1 aromatic carbocycles. The van der Waals surface area contributed by atoms with Crippen molar-refractivity contribution in [1.82, 2.24) is 4.72 Å². The van der Waals surface area contributed by atoms with Crippen LogP contribution in [-0.4, -0.2) is 35.7 Å². The Morgan fingerprint density at radius 2 is 1.64 bits per heavy atom. The van der Waals surface area contributed by atoms with Crippen molar-refractivity contribution in [2.24, 2.45) is 11.7 Å². The maximum atomic E-state index is 12.3. The van der Waals surface area contributed by atoms with Crippen molar-refractivity contribution in [2.45, 2.75) is 37.0 Å². The minimum Gasteiger partial charge on any atom is -0.329 e. The Balaban J connectivity index is 2.89. The van der Waals surface area contributed by atoms with Crippen molar-refractivity contribution < 1.29 is 16.8 Å². The molecule has 0 amide bonds. The van der Waals surface area contributed by atoms with Crippen LogP contribution in [0.1, 0.15) is 25.8 Å². The van der Waals surface area contributed by atoms with Crippen LogP contribution in [0.15, 0.2) is 29.2 Å². The summed E-state index contributed by atoms with van der Waals surface area (Å²) in [4.78, 5) is 0.104. The van der Waals surface area contributed by atoms with Crippen LogP contribution < -0.4 is 10.5 Å². The lowest BCUT2D eigenvalue weighted by atomic mass is 10.1. The standard InChI is InChI=1S/C14H24N2O4S2/c1-11(2)8-13(9-15)16-22(19,20)14-6-4-12(5-7-14)10-21(3,17)18/h4-7,11,13,16H,8-10,15H2,1-3H3. The van der Waals surface area contributed by atoms with Crippen LogP contribution in [0.25, 0.3) is 0 Å². The first-order chi connectivity index (χ1) is 10.0. The van der Waals surface area contributed by atoms with Gasteiger partial charge in [0.05, 0.1) is 10.6 Å². The van der Waals surface area contributed by atoms with E-state index in [9.17, 15) is 16.8 Å². The molecule has 0 aliphatic heterocycles. The molecule has 0 aliphatic rings. The summed E-state index contributed by atoms with van der Waals surface area (Å²) in [6.07, 6.45) is 1.79. The van der Waals surface area contributed by atoms with E-state index >= 15 is 0 Å². The minimum absolute atomic E-state index is 0.104. The number of hydrogen-bond donors (Lipinski definition) is 2. The van der Waals surface area contributed by atoms with Gasteiger partial charge in [0, 0.05) is 18.8 Å². The average molecular weight is 348 g/mol. The Labute approximate surface area is 133 Å². The third-order valence-electron chi connectivity index (χ3n) is 3.02. The summed E-state index contributed by atoms with van der Waals surface area (Å²) in [5.41, 5.74) is 6.16. The number of sulfone groups is 1. The fourth-order valence-electron chi connectivity index (χ4n) is 2.12. The molecule has 0 fully saturated rings. The molecule has 126 valence electrons. The maximum absolute atomic E-state index is 12.3. The van der Waals surface area contributed by atoms with Gasteiger partial charge in [-0.3, -0.25) is 0 Å². The highest BCUT2D eigenvalue weighted by Gasteiger charge is 2.20. The van der Waals surface area contributed by atoms with Crippen LogP contribution in [0.4, 0.5) is 0 Å². The van der Waals surface area contributed by atoms with Gasteiger partial charge in [-0.2, -0.15) is 0 Å². The van der Waals surface area contributed by atoms with Crippen molar-refractivity contribution in [1.29, 1.82) is 0 Å².